The number of aliphatic imine (C=N–C) groups is 1. The van der Waals surface area contributed by atoms with Crippen molar-refractivity contribution < 1.29 is 9.47 Å². The molecule has 2 aromatic rings. The second-order valence-corrected chi connectivity index (χ2v) is 7.37. The monoisotopic (exact) mass is 373 g/mol. The average Bonchev–Trinajstić information content (AvgIpc) is 2.85. The summed E-state index contributed by atoms with van der Waals surface area (Å²) in [5.74, 6) is 1.83. The maximum absolute atomic E-state index is 6.10. The van der Waals surface area contributed by atoms with Crippen LogP contribution in [0.2, 0.25) is 5.02 Å². The minimum Gasteiger partial charge on any atom is -0.490 e. The third-order valence-corrected chi connectivity index (χ3v) is 4.51. The van der Waals surface area contributed by atoms with Crippen LogP contribution in [0.4, 0.5) is 5.69 Å². The van der Waals surface area contributed by atoms with Crippen LogP contribution in [0.1, 0.15) is 25.8 Å². The summed E-state index contributed by atoms with van der Waals surface area (Å²) in [7, 11) is 0. The fraction of sp³-hybridized carbons (Fsp3) is 0.350. The Hall–Kier alpha value is -2.40. The van der Waals surface area contributed by atoms with Crippen molar-refractivity contribution in [3.8, 4) is 11.5 Å². The van der Waals surface area contributed by atoms with Crippen molar-refractivity contribution in [3.05, 3.63) is 53.1 Å². The minimum absolute atomic E-state index is 0.179. The lowest BCUT2D eigenvalue weighted by Crippen LogP contribution is -2.27. The van der Waals surface area contributed by atoms with Crippen LogP contribution in [0.15, 0.2) is 47.5 Å². The van der Waals surface area contributed by atoms with E-state index in [0.717, 1.165) is 34.2 Å². The summed E-state index contributed by atoms with van der Waals surface area (Å²) in [5, 5.41) is 3.83. The largest absolute Gasteiger partial charge is 0.490 e. The van der Waals surface area contributed by atoms with E-state index in [-0.39, 0.29) is 5.41 Å². The highest BCUT2D eigenvalue weighted by Crippen LogP contribution is 2.32. The molecule has 2 aromatic carbocycles. The summed E-state index contributed by atoms with van der Waals surface area (Å²) in [6.07, 6.45) is 0.875. The number of hydrogen-bond donors (Lipinski definition) is 2. The quantitative estimate of drug-likeness (QED) is 0.622. The predicted molar refractivity (Wildman–Crippen MR) is 107 cm³/mol. The molecule has 0 bridgehead atoms. The number of ether oxygens (including phenoxy) is 2. The molecule has 3 rings (SSSR count). The Labute approximate surface area is 159 Å². The number of nitrogens with two attached hydrogens (primary N) is 1. The minimum atomic E-state index is -0.179. The number of benzene rings is 2. The molecule has 0 aromatic heterocycles. The second-order valence-electron chi connectivity index (χ2n) is 6.93. The molecule has 0 radical (unpaired) electrons. The molecule has 0 aliphatic carbocycles. The summed E-state index contributed by atoms with van der Waals surface area (Å²) in [6, 6.07) is 13.5. The van der Waals surface area contributed by atoms with Gasteiger partial charge in [0.2, 0.25) is 0 Å². The molecular weight excluding hydrogens is 350 g/mol. The van der Waals surface area contributed by atoms with Crippen LogP contribution in [-0.4, -0.2) is 25.7 Å². The summed E-state index contributed by atoms with van der Waals surface area (Å²) in [5.41, 5.74) is 7.83. The Morgan fingerprint density at radius 2 is 1.92 bits per heavy atom. The van der Waals surface area contributed by atoms with Crippen molar-refractivity contribution in [2.75, 3.05) is 25.1 Å². The van der Waals surface area contributed by atoms with Crippen LogP contribution in [0.25, 0.3) is 0 Å². The van der Waals surface area contributed by atoms with Gasteiger partial charge in [-0.25, -0.2) is 0 Å². The first-order valence-corrected chi connectivity index (χ1v) is 9.04. The van der Waals surface area contributed by atoms with E-state index in [1.54, 1.807) is 0 Å². The standard InChI is InChI=1S/C20H24ClN3O2/c1-20(2,14-5-3-6-15(21)11-14)13-23-19(22)24-16-7-8-17-18(12-16)26-10-4-9-25-17/h3,5-8,11-12H,4,9-10,13H2,1-2H3,(H3,22,23,24). The number of hydrogen-bond acceptors (Lipinski definition) is 3. The Balaban J connectivity index is 1.67. The molecule has 138 valence electrons. The van der Waals surface area contributed by atoms with Crippen molar-refractivity contribution in [1.82, 2.24) is 0 Å². The molecule has 3 N–H and O–H groups in total. The van der Waals surface area contributed by atoms with E-state index < -0.39 is 0 Å². The van der Waals surface area contributed by atoms with Crippen LogP contribution in [-0.2, 0) is 5.41 Å². The zero-order chi connectivity index (χ0) is 18.6. The number of fused-ring (bicyclic) bond motifs is 1. The van der Waals surface area contributed by atoms with E-state index in [2.05, 4.69) is 30.2 Å². The highest BCUT2D eigenvalue weighted by Gasteiger charge is 2.20. The SMILES string of the molecule is CC(C)(CN=C(N)Nc1ccc2c(c1)OCCCO2)c1cccc(Cl)c1. The van der Waals surface area contributed by atoms with Crippen molar-refractivity contribution in [1.29, 1.82) is 0 Å². The van der Waals surface area contributed by atoms with E-state index >= 15 is 0 Å². The van der Waals surface area contributed by atoms with Crippen LogP contribution >= 0.6 is 11.6 Å². The lowest BCUT2D eigenvalue weighted by molar-refractivity contribution is 0.297. The zero-order valence-corrected chi connectivity index (χ0v) is 15.8. The predicted octanol–water partition coefficient (Wildman–Crippen LogP) is 4.21. The molecule has 1 aliphatic heterocycles. The van der Waals surface area contributed by atoms with Crippen molar-refractivity contribution in [2.45, 2.75) is 25.7 Å². The van der Waals surface area contributed by atoms with Gasteiger partial charge in [-0.15, -0.1) is 0 Å². The van der Waals surface area contributed by atoms with Gasteiger partial charge < -0.3 is 20.5 Å². The molecular formula is C20H24ClN3O2. The summed E-state index contributed by atoms with van der Waals surface area (Å²) >= 11 is 6.10. The second kappa shape index (κ2) is 7.87. The number of guanidine groups is 1. The molecule has 0 unspecified atom stereocenters. The maximum Gasteiger partial charge on any atom is 0.193 e. The molecule has 0 atom stereocenters. The van der Waals surface area contributed by atoms with E-state index in [1.807, 2.05) is 36.4 Å². The fourth-order valence-corrected chi connectivity index (χ4v) is 2.90. The first kappa shape index (κ1) is 18.4. The van der Waals surface area contributed by atoms with Gasteiger partial charge in [0.1, 0.15) is 0 Å². The van der Waals surface area contributed by atoms with E-state index in [4.69, 9.17) is 26.8 Å². The van der Waals surface area contributed by atoms with Gasteiger partial charge in [-0.05, 0) is 29.8 Å². The average molecular weight is 374 g/mol. The van der Waals surface area contributed by atoms with Gasteiger partial charge in [0.05, 0.1) is 19.8 Å². The molecule has 0 saturated carbocycles. The number of nitrogens with zero attached hydrogens (tertiary/aromatic N) is 1. The first-order chi connectivity index (χ1) is 12.4. The van der Waals surface area contributed by atoms with Gasteiger partial charge in [-0.2, -0.15) is 0 Å². The Morgan fingerprint density at radius 3 is 2.69 bits per heavy atom. The molecule has 6 heteroatoms. The van der Waals surface area contributed by atoms with Gasteiger partial charge in [-0.3, -0.25) is 4.99 Å². The molecule has 0 amide bonds. The Bertz CT molecular complexity index is 805. The van der Waals surface area contributed by atoms with Gasteiger partial charge >= 0.3 is 0 Å². The normalized spacial score (nSPS) is 14.7. The van der Waals surface area contributed by atoms with Crippen molar-refractivity contribution in [2.24, 2.45) is 10.7 Å². The molecule has 1 heterocycles. The van der Waals surface area contributed by atoms with Crippen LogP contribution in [0.5, 0.6) is 11.5 Å². The fourth-order valence-electron chi connectivity index (χ4n) is 2.71. The number of rotatable bonds is 4. The summed E-state index contributed by atoms with van der Waals surface area (Å²) in [6.45, 7) is 6.08. The number of halogens is 1. The Morgan fingerprint density at radius 1 is 1.15 bits per heavy atom. The number of nitrogens with one attached hydrogen (secondary N) is 1. The number of anilines is 1. The lowest BCUT2D eigenvalue weighted by Gasteiger charge is -2.23. The van der Waals surface area contributed by atoms with Gasteiger partial charge in [0.25, 0.3) is 0 Å². The third-order valence-electron chi connectivity index (χ3n) is 4.27. The zero-order valence-electron chi connectivity index (χ0n) is 15.1. The molecule has 5 nitrogen and oxygen atoms in total. The Kier molecular flexibility index (Phi) is 5.57. The lowest BCUT2D eigenvalue weighted by atomic mass is 9.85. The maximum atomic E-state index is 6.10. The summed E-state index contributed by atoms with van der Waals surface area (Å²) < 4.78 is 11.3. The van der Waals surface area contributed by atoms with E-state index in [0.29, 0.717) is 25.7 Å². The molecule has 1 aliphatic rings. The highest BCUT2D eigenvalue weighted by atomic mass is 35.5. The summed E-state index contributed by atoms with van der Waals surface area (Å²) in [4.78, 5) is 4.50. The molecule has 0 spiro atoms. The van der Waals surface area contributed by atoms with E-state index in [1.165, 1.54) is 0 Å². The highest BCUT2D eigenvalue weighted by molar-refractivity contribution is 6.30. The van der Waals surface area contributed by atoms with Crippen molar-refractivity contribution in [3.63, 3.8) is 0 Å². The topological polar surface area (TPSA) is 68.9 Å². The van der Waals surface area contributed by atoms with Crippen LogP contribution in [0, 0.1) is 0 Å². The molecule has 0 fully saturated rings. The first-order valence-electron chi connectivity index (χ1n) is 8.67. The van der Waals surface area contributed by atoms with Gasteiger partial charge in [0.15, 0.2) is 17.5 Å². The van der Waals surface area contributed by atoms with Gasteiger partial charge in [-0.1, -0.05) is 37.6 Å². The third kappa shape index (κ3) is 4.61. The van der Waals surface area contributed by atoms with Crippen molar-refractivity contribution >= 4 is 23.2 Å². The van der Waals surface area contributed by atoms with Crippen LogP contribution < -0.4 is 20.5 Å². The smallest absolute Gasteiger partial charge is 0.193 e. The molecule has 0 saturated heterocycles. The van der Waals surface area contributed by atoms with E-state index in [9.17, 15) is 0 Å². The molecule has 26 heavy (non-hydrogen) atoms. The van der Waals surface area contributed by atoms with Gasteiger partial charge in [0, 0.05) is 28.6 Å². The van der Waals surface area contributed by atoms with Crippen LogP contribution in [0.3, 0.4) is 0 Å².